The van der Waals surface area contributed by atoms with Gasteiger partial charge in [-0.15, -0.1) is 0 Å². The molecular weight excluding hydrogens is 210 g/mol. The number of hydrogen-bond donors (Lipinski definition) is 3. The number of carbonyl (C=O) groups is 1. The second kappa shape index (κ2) is 5.67. The summed E-state index contributed by atoms with van der Waals surface area (Å²) in [5.41, 5.74) is 0. The normalized spacial score (nSPS) is 14.7. The molecule has 0 amide bonds. The van der Waals surface area contributed by atoms with Gasteiger partial charge in [-0.25, -0.2) is 4.79 Å². The Hall–Kier alpha value is -1.33. The van der Waals surface area contributed by atoms with Crippen LogP contribution < -0.4 is 5.32 Å². The zero-order valence-electron chi connectivity index (χ0n) is 9.43. The topological polar surface area (TPSA) is 82.7 Å². The molecule has 0 aliphatic rings. The number of hydrogen-bond acceptors (Lipinski definition) is 4. The number of carboxylic acids is 1. The molecule has 90 valence electrons. The van der Waals surface area contributed by atoms with Gasteiger partial charge in [0.2, 0.25) is 5.76 Å². The van der Waals surface area contributed by atoms with Crippen LogP contribution in [0, 0.1) is 0 Å². The highest BCUT2D eigenvalue weighted by atomic mass is 16.4. The summed E-state index contributed by atoms with van der Waals surface area (Å²) in [5.74, 6) is -0.543. The largest absolute Gasteiger partial charge is 0.475 e. The van der Waals surface area contributed by atoms with Crippen molar-refractivity contribution < 1.29 is 19.4 Å². The monoisotopic (exact) mass is 227 g/mol. The van der Waals surface area contributed by atoms with Gasteiger partial charge in [-0.1, -0.05) is 0 Å². The molecule has 0 fully saturated rings. The quantitative estimate of drug-likeness (QED) is 0.680. The van der Waals surface area contributed by atoms with Gasteiger partial charge in [0.25, 0.3) is 0 Å². The van der Waals surface area contributed by atoms with Gasteiger partial charge in [-0.2, -0.15) is 0 Å². The van der Waals surface area contributed by atoms with Crippen molar-refractivity contribution in [1.29, 1.82) is 0 Å². The second-order valence-electron chi connectivity index (χ2n) is 3.94. The Bertz CT molecular complexity index is 346. The molecule has 0 bridgehead atoms. The third-order valence-corrected chi connectivity index (χ3v) is 2.19. The summed E-state index contributed by atoms with van der Waals surface area (Å²) >= 11 is 0. The van der Waals surface area contributed by atoms with Crippen molar-refractivity contribution >= 4 is 5.97 Å². The van der Waals surface area contributed by atoms with Crippen molar-refractivity contribution in [2.75, 3.05) is 0 Å². The summed E-state index contributed by atoms with van der Waals surface area (Å²) in [6, 6.07) is 3.21. The Kier molecular flexibility index (Phi) is 4.52. The predicted molar refractivity (Wildman–Crippen MR) is 58.3 cm³/mol. The number of aliphatic hydroxyl groups is 1. The smallest absolute Gasteiger partial charge is 0.371 e. The van der Waals surface area contributed by atoms with Gasteiger partial charge in [-0.05, 0) is 32.4 Å². The van der Waals surface area contributed by atoms with Crippen LogP contribution in [-0.4, -0.2) is 28.3 Å². The SMILES string of the molecule is CC(O)CC(C)NCc1ccc(C(=O)O)o1. The summed E-state index contributed by atoms with van der Waals surface area (Å²) in [6.45, 7) is 4.14. The van der Waals surface area contributed by atoms with E-state index in [1.165, 1.54) is 6.07 Å². The average Bonchev–Trinajstić information content (AvgIpc) is 2.61. The Labute approximate surface area is 94.1 Å². The maximum atomic E-state index is 10.6. The fourth-order valence-corrected chi connectivity index (χ4v) is 1.46. The van der Waals surface area contributed by atoms with E-state index < -0.39 is 5.97 Å². The average molecular weight is 227 g/mol. The van der Waals surface area contributed by atoms with Gasteiger partial charge in [0.05, 0.1) is 12.6 Å². The lowest BCUT2D eigenvalue weighted by molar-refractivity contribution is 0.0660. The second-order valence-corrected chi connectivity index (χ2v) is 3.94. The molecule has 0 aliphatic carbocycles. The highest BCUT2D eigenvalue weighted by molar-refractivity contribution is 5.84. The van der Waals surface area contributed by atoms with E-state index >= 15 is 0 Å². The van der Waals surface area contributed by atoms with E-state index in [1.54, 1.807) is 13.0 Å². The van der Waals surface area contributed by atoms with Gasteiger partial charge >= 0.3 is 5.97 Å². The highest BCUT2D eigenvalue weighted by Gasteiger charge is 2.10. The molecule has 1 heterocycles. The van der Waals surface area contributed by atoms with Crippen LogP contribution in [0.5, 0.6) is 0 Å². The fourth-order valence-electron chi connectivity index (χ4n) is 1.46. The predicted octanol–water partition coefficient (Wildman–Crippen LogP) is 1.23. The minimum atomic E-state index is -1.07. The van der Waals surface area contributed by atoms with Gasteiger partial charge in [0, 0.05) is 6.04 Å². The van der Waals surface area contributed by atoms with E-state index in [4.69, 9.17) is 14.6 Å². The Morgan fingerprint density at radius 1 is 1.50 bits per heavy atom. The van der Waals surface area contributed by atoms with Crippen LogP contribution in [0.25, 0.3) is 0 Å². The van der Waals surface area contributed by atoms with Crippen LogP contribution in [0.2, 0.25) is 0 Å². The fraction of sp³-hybridized carbons (Fsp3) is 0.545. The van der Waals surface area contributed by atoms with E-state index in [0.29, 0.717) is 18.7 Å². The van der Waals surface area contributed by atoms with E-state index in [-0.39, 0.29) is 17.9 Å². The first kappa shape index (κ1) is 12.7. The molecule has 1 aromatic rings. The maximum Gasteiger partial charge on any atom is 0.371 e. The summed E-state index contributed by atoms with van der Waals surface area (Å²) in [6.07, 6.45) is 0.292. The Morgan fingerprint density at radius 3 is 2.69 bits per heavy atom. The van der Waals surface area contributed by atoms with Crippen LogP contribution in [-0.2, 0) is 6.54 Å². The van der Waals surface area contributed by atoms with Gasteiger partial charge in [-0.3, -0.25) is 0 Å². The molecule has 1 aromatic heterocycles. The molecule has 2 atom stereocenters. The molecule has 5 heteroatoms. The lowest BCUT2D eigenvalue weighted by Crippen LogP contribution is -2.28. The van der Waals surface area contributed by atoms with E-state index in [2.05, 4.69) is 5.32 Å². The first-order valence-corrected chi connectivity index (χ1v) is 5.22. The van der Waals surface area contributed by atoms with Crippen LogP contribution in [0.3, 0.4) is 0 Å². The van der Waals surface area contributed by atoms with E-state index in [0.717, 1.165) is 0 Å². The van der Waals surface area contributed by atoms with Crippen molar-refractivity contribution in [2.24, 2.45) is 0 Å². The Balaban J connectivity index is 2.39. The zero-order valence-corrected chi connectivity index (χ0v) is 9.43. The molecule has 16 heavy (non-hydrogen) atoms. The number of aliphatic hydroxyl groups excluding tert-OH is 1. The highest BCUT2D eigenvalue weighted by Crippen LogP contribution is 2.08. The zero-order chi connectivity index (χ0) is 12.1. The summed E-state index contributed by atoms with van der Waals surface area (Å²) in [4.78, 5) is 10.6. The molecule has 0 saturated carbocycles. The Morgan fingerprint density at radius 2 is 2.19 bits per heavy atom. The number of aromatic carboxylic acids is 1. The lowest BCUT2D eigenvalue weighted by Gasteiger charge is -2.14. The molecule has 3 N–H and O–H groups in total. The van der Waals surface area contributed by atoms with Crippen LogP contribution >= 0.6 is 0 Å². The van der Waals surface area contributed by atoms with Gasteiger partial charge in [0.1, 0.15) is 5.76 Å². The van der Waals surface area contributed by atoms with Crippen LogP contribution in [0.4, 0.5) is 0 Å². The molecule has 2 unspecified atom stereocenters. The third-order valence-electron chi connectivity index (χ3n) is 2.19. The minimum Gasteiger partial charge on any atom is -0.475 e. The molecule has 5 nitrogen and oxygen atoms in total. The summed E-state index contributed by atoms with van der Waals surface area (Å²) in [5, 5.41) is 20.9. The molecular formula is C11H17NO4. The van der Waals surface area contributed by atoms with Crippen molar-refractivity contribution in [1.82, 2.24) is 5.32 Å². The number of furan rings is 1. The molecule has 0 aromatic carbocycles. The minimum absolute atomic E-state index is 0.0556. The van der Waals surface area contributed by atoms with E-state index in [9.17, 15) is 4.79 Å². The van der Waals surface area contributed by atoms with Crippen molar-refractivity contribution in [3.8, 4) is 0 Å². The molecule has 0 spiro atoms. The summed E-state index contributed by atoms with van der Waals surface area (Å²) < 4.78 is 5.08. The first-order valence-electron chi connectivity index (χ1n) is 5.22. The van der Waals surface area contributed by atoms with Crippen molar-refractivity contribution in [3.05, 3.63) is 23.7 Å². The van der Waals surface area contributed by atoms with Crippen LogP contribution in [0.1, 0.15) is 36.6 Å². The van der Waals surface area contributed by atoms with Crippen molar-refractivity contribution in [2.45, 2.75) is 39.0 Å². The van der Waals surface area contributed by atoms with E-state index in [1.807, 2.05) is 6.92 Å². The molecule has 0 radical (unpaired) electrons. The third kappa shape index (κ3) is 4.04. The lowest BCUT2D eigenvalue weighted by atomic mass is 10.1. The van der Waals surface area contributed by atoms with Crippen molar-refractivity contribution in [3.63, 3.8) is 0 Å². The number of nitrogens with one attached hydrogen (secondary N) is 1. The summed E-state index contributed by atoms with van der Waals surface area (Å²) in [7, 11) is 0. The molecule has 0 saturated heterocycles. The van der Waals surface area contributed by atoms with Crippen LogP contribution in [0.15, 0.2) is 16.5 Å². The number of carboxylic acid groups (broad SMARTS) is 1. The number of rotatable bonds is 6. The first-order chi connectivity index (χ1) is 7.49. The maximum absolute atomic E-state index is 10.6. The molecule has 0 aliphatic heterocycles. The van der Waals surface area contributed by atoms with Gasteiger partial charge < -0.3 is 19.9 Å². The molecule has 1 rings (SSSR count). The standard InChI is InChI=1S/C11H17NO4/c1-7(5-8(2)13)12-6-9-3-4-10(16-9)11(14)15/h3-4,7-8,12-13H,5-6H2,1-2H3,(H,14,15). The van der Waals surface area contributed by atoms with Gasteiger partial charge in [0.15, 0.2) is 0 Å².